The van der Waals surface area contributed by atoms with E-state index in [0.29, 0.717) is 0 Å². The largest absolute Gasteiger partial charge is 0.492 e. The van der Waals surface area contributed by atoms with Crippen molar-refractivity contribution in [3.8, 4) is 5.75 Å². The zero-order chi connectivity index (χ0) is 15.1. The number of likely N-dealkylation sites (N-methyl/N-ethyl adjacent to an activating group) is 1. The number of nitrogens with zero attached hydrogens (tertiary/aromatic N) is 1. The molecule has 0 aliphatic heterocycles. The second kappa shape index (κ2) is 8.40. The van der Waals surface area contributed by atoms with Crippen LogP contribution in [0.15, 0.2) is 24.3 Å². The van der Waals surface area contributed by atoms with E-state index in [9.17, 15) is 0 Å². The van der Waals surface area contributed by atoms with E-state index in [4.69, 9.17) is 4.74 Å². The Balaban J connectivity index is 1.68. The number of nitrogens with one attached hydrogen (secondary N) is 1. The van der Waals surface area contributed by atoms with Gasteiger partial charge in [-0.05, 0) is 63.4 Å². The van der Waals surface area contributed by atoms with Crippen LogP contribution in [0.4, 0.5) is 0 Å². The zero-order valence-electron chi connectivity index (χ0n) is 13.8. The molecule has 1 aromatic carbocycles. The van der Waals surface area contributed by atoms with Crippen molar-refractivity contribution in [1.29, 1.82) is 0 Å². The van der Waals surface area contributed by atoms with Gasteiger partial charge in [0.25, 0.3) is 0 Å². The average molecular weight is 290 g/mol. The van der Waals surface area contributed by atoms with Gasteiger partial charge in [-0.25, -0.2) is 0 Å². The highest BCUT2D eigenvalue weighted by Gasteiger charge is 2.21. The number of benzene rings is 1. The Morgan fingerprint density at radius 3 is 2.43 bits per heavy atom. The molecule has 0 saturated heterocycles. The van der Waals surface area contributed by atoms with E-state index in [2.05, 4.69) is 48.5 Å². The van der Waals surface area contributed by atoms with Gasteiger partial charge in [0.1, 0.15) is 12.4 Å². The van der Waals surface area contributed by atoms with Crippen molar-refractivity contribution in [3.63, 3.8) is 0 Å². The van der Waals surface area contributed by atoms with Crippen molar-refractivity contribution in [2.45, 2.75) is 45.2 Å². The number of hydrogen-bond donors (Lipinski definition) is 1. The highest BCUT2D eigenvalue weighted by molar-refractivity contribution is 5.27. The molecule has 0 spiro atoms. The number of hydrogen-bond acceptors (Lipinski definition) is 3. The zero-order valence-corrected chi connectivity index (χ0v) is 13.8. The predicted octanol–water partition coefficient (Wildman–Crippen LogP) is 3.30. The number of ether oxygens (including phenoxy) is 1. The lowest BCUT2D eigenvalue weighted by molar-refractivity contribution is 0.145. The quantitative estimate of drug-likeness (QED) is 0.834. The molecule has 1 N–H and O–H groups in total. The summed E-state index contributed by atoms with van der Waals surface area (Å²) in [4.78, 5) is 2.47. The molecule has 1 aliphatic rings. The summed E-state index contributed by atoms with van der Waals surface area (Å²) in [5, 5.41) is 3.15. The van der Waals surface area contributed by atoms with Gasteiger partial charge in [0, 0.05) is 19.1 Å². The molecule has 1 aliphatic carbocycles. The van der Waals surface area contributed by atoms with Crippen molar-refractivity contribution < 1.29 is 4.74 Å². The van der Waals surface area contributed by atoms with E-state index in [1.54, 1.807) is 0 Å². The summed E-state index contributed by atoms with van der Waals surface area (Å²) >= 11 is 0. The molecule has 3 nitrogen and oxygen atoms in total. The van der Waals surface area contributed by atoms with Crippen LogP contribution in [-0.4, -0.2) is 38.2 Å². The van der Waals surface area contributed by atoms with E-state index in [1.165, 1.54) is 31.2 Å². The van der Waals surface area contributed by atoms with Gasteiger partial charge in [-0.15, -0.1) is 0 Å². The summed E-state index contributed by atoms with van der Waals surface area (Å²) < 4.78 is 5.86. The van der Waals surface area contributed by atoms with Crippen LogP contribution < -0.4 is 10.1 Å². The van der Waals surface area contributed by atoms with Crippen LogP contribution in [0.5, 0.6) is 5.75 Å². The van der Waals surface area contributed by atoms with E-state index in [0.717, 1.165) is 37.4 Å². The second-order valence-corrected chi connectivity index (χ2v) is 6.42. The van der Waals surface area contributed by atoms with Gasteiger partial charge >= 0.3 is 0 Å². The summed E-state index contributed by atoms with van der Waals surface area (Å²) in [6.45, 7) is 5.06. The van der Waals surface area contributed by atoms with Gasteiger partial charge in [0.15, 0.2) is 0 Å². The fourth-order valence-corrected chi connectivity index (χ4v) is 3.08. The van der Waals surface area contributed by atoms with Gasteiger partial charge in [-0.3, -0.25) is 0 Å². The third kappa shape index (κ3) is 5.33. The fourth-order valence-electron chi connectivity index (χ4n) is 3.08. The fraction of sp³-hybridized carbons (Fsp3) is 0.667. The Hall–Kier alpha value is -1.06. The third-order valence-electron chi connectivity index (χ3n) is 4.63. The first kappa shape index (κ1) is 16.3. The van der Waals surface area contributed by atoms with Crippen LogP contribution in [0.3, 0.4) is 0 Å². The maximum absolute atomic E-state index is 5.86. The van der Waals surface area contributed by atoms with Crippen LogP contribution in [0.2, 0.25) is 0 Å². The average Bonchev–Trinajstić information content (AvgIpc) is 2.50. The van der Waals surface area contributed by atoms with Crippen molar-refractivity contribution in [2.75, 3.05) is 27.2 Å². The van der Waals surface area contributed by atoms with Gasteiger partial charge in [-0.2, -0.15) is 0 Å². The minimum Gasteiger partial charge on any atom is -0.492 e. The molecular weight excluding hydrogens is 260 g/mol. The molecule has 0 heterocycles. The second-order valence-electron chi connectivity index (χ2n) is 6.42. The van der Waals surface area contributed by atoms with Crippen LogP contribution in [0.25, 0.3) is 0 Å². The highest BCUT2D eigenvalue weighted by Crippen LogP contribution is 2.26. The lowest BCUT2D eigenvalue weighted by Gasteiger charge is -2.33. The first-order valence-electron chi connectivity index (χ1n) is 8.25. The summed E-state index contributed by atoms with van der Waals surface area (Å²) in [5.41, 5.74) is 1.29. The molecule has 1 saturated carbocycles. The van der Waals surface area contributed by atoms with E-state index >= 15 is 0 Å². The summed E-state index contributed by atoms with van der Waals surface area (Å²) in [5.74, 6) is 1.89. The molecule has 3 heteroatoms. The predicted molar refractivity (Wildman–Crippen MR) is 88.8 cm³/mol. The topological polar surface area (TPSA) is 24.5 Å². The molecule has 1 aromatic rings. The molecule has 2 rings (SSSR count). The lowest BCUT2D eigenvalue weighted by atomic mass is 9.87. The highest BCUT2D eigenvalue weighted by atomic mass is 16.5. The Kier molecular flexibility index (Phi) is 6.52. The van der Waals surface area contributed by atoms with Crippen molar-refractivity contribution in [3.05, 3.63) is 29.8 Å². The molecule has 0 atom stereocenters. The minimum absolute atomic E-state index is 0.753. The van der Waals surface area contributed by atoms with Gasteiger partial charge < -0.3 is 15.0 Å². The first-order chi connectivity index (χ1) is 10.2. The first-order valence-corrected chi connectivity index (χ1v) is 8.25. The van der Waals surface area contributed by atoms with Gasteiger partial charge in [0.05, 0.1) is 0 Å². The monoisotopic (exact) mass is 290 g/mol. The standard InChI is InChI=1S/C18H30N2O/c1-15-4-8-17(9-5-15)20(3)12-13-21-18-10-6-16(7-11-18)14-19-2/h6-7,10-11,15,17,19H,4-5,8-9,12-14H2,1-3H3. The van der Waals surface area contributed by atoms with Crippen molar-refractivity contribution in [1.82, 2.24) is 10.2 Å². The van der Waals surface area contributed by atoms with Gasteiger partial charge in [0.2, 0.25) is 0 Å². The maximum atomic E-state index is 5.86. The van der Waals surface area contributed by atoms with Crippen molar-refractivity contribution >= 4 is 0 Å². The summed E-state index contributed by atoms with van der Waals surface area (Å²) in [6.07, 6.45) is 5.44. The Labute approximate surface area is 129 Å². The minimum atomic E-state index is 0.753. The molecule has 21 heavy (non-hydrogen) atoms. The molecule has 0 aromatic heterocycles. The SMILES string of the molecule is CNCc1ccc(OCCN(C)C2CCC(C)CC2)cc1. The summed E-state index contributed by atoms with van der Waals surface area (Å²) in [7, 11) is 4.20. The molecule has 0 unspecified atom stereocenters. The van der Waals surface area contributed by atoms with Crippen LogP contribution in [0.1, 0.15) is 38.2 Å². The maximum Gasteiger partial charge on any atom is 0.119 e. The third-order valence-corrected chi connectivity index (χ3v) is 4.63. The molecule has 1 fully saturated rings. The molecule has 118 valence electrons. The molecular formula is C18H30N2O. The van der Waals surface area contributed by atoms with Gasteiger partial charge in [-0.1, -0.05) is 19.1 Å². The molecule has 0 amide bonds. The Morgan fingerprint density at radius 1 is 1.14 bits per heavy atom. The van der Waals surface area contributed by atoms with Crippen LogP contribution in [-0.2, 0) is 6.54 Å². The molecule has 0 bridgehead atoms. The smallest absolute Gasteiger partial charge is 0.119 e. The van der Waals surface area contributed by atoms with E-state index < -0.39 is 0 Å². The lowest BCUT2D eigenvalue weighted by Crippen LogP contribution is -2.37. The summed E-state index contributed by atoms with van der Waals surface area (Å²) in [6, 6.07) is 9.13. The normalized spacial score (nSPS) is 22.5. The number of rotatable bonds is 7. The van der Waals surface area contributed by atoms with Crippen molar-refractivity contribution in [2.24, 2.45) is 5.92 Å². The van der Waals surface area contributed by atoms with E-state index in [-0.39, 0.29) is 0 Å². The molecule has 0 radical (unpaired) electrons. The van der Waals surface area contributed by atoms with E-state index in [1.807, 2.05) is 7.05 Å². The van der Waals surface area contributed by atoms with Crippen LogP contribution >= 0.6 is 0 Å². The Morgan fingerprint density at radius 2 is 1.81 bits per heavy atom. The van der Waals surface area contributed by atoms with Crippen LogP contribution in [0, 0.1) is 5.92 Å². The Bertz CT molecular complexity index is 396.